The first-order chi connectivity index (χ1) is 9.00. The molecule has 108 valence electrons. The summed E-state index contributed by atoms with van der Waals surface area (Å²) in [6, 6.07) is 0.160. The first-order valence-electron chi connectivity index (χ1n) is 6.80. The molecule has 2 atom stereocenters. The Morgan fingerprint density at radius 1 is 1.47 bits per heavy atom. The third kappa shape index (κ3) is 3.76. The van der Waals surface area contributed by atoms with E-state index in [0.29, 0.717) is 13.0 Å². The molecule has 7 heteroatoms. The maximum absolute atomic E-state index is 11.7. The van der Waals surface area contributed by atoms with Crippen LogP contribution in [-0.2, 0) is 16.3 Å². The Morgan fingerprint density at radius 2 is 2.26 bits per heavy atom. The van der Waals surface area contributed by atoms with Crippen LogP contribution >= 0.6 is 0 Å². The summed E-state index contributed by atoms with van der Waals surface area (Å²) in [6.07, 6.45) is 8.32. The Balaban J connectivity index is 2.03. The van der Waals surface area contributed by atoms with Crippen molar-refractivity contribution in [3.05, 3.63) is 11.9 Å². The molecule has 2 N–H and O–H groups in total. The van der Waals surface area contributed by atoms with Crippen LogP contribution in [0.2, 0.25) is 0 Å². The van der Waals surface area contributed by atoms with E-state index in [1.807, 2.05) is 10.9 Å². The summed E-state index contributed by atoms with van der Waals surface area (Å²) in [6.45, 7) is 0.645. The smallest absolute Gasteiger partial charge is 0.150 e. The molecule has 1 aromatic heterocycles. The van der Waals surface area contributed by atoms with Crippen molar-refractivity contribution < 1.29 is 8.42 Å². The molecule has 0 amide bonds. The lowest BCUT2D eigenvalue weighted by Crippen LogP contribution is -2.29. The first-order valence-corrected chi connectivity index (χ1v) is 8.76. The van der Waals surface area contributed by atoms with E-state index in [-0.39, 0.29) is 11.3 Å². The molecular weight excluding hydrogens is 264 g/mol. The number of aryl methyl sites for hydroxylation is 1. The van der Waals surface area contributed by atoms with Gasteiger partial charge in [-0.3, -0.25) is 0 Å². The number of hydrogen-bond donors (Lipinski definition) is 1. The molecule has 0 spiro atoms. The quantitative estimate of drug-likeness (QED) is 0.860. The van der Waals surface area contributed by atoms with Crippen LogP contribution in [0.1, 0.15) is 43.8 Å². The van der Waals surface area contributed by atoms with Gasteiger partial charge in [0, 0.05) is 12.5 Å². The number of nitrogens with zero attached hydrogens (tertiary/aromatic N) is 3. The summed E-state index contributed by atoms with van der Waals surface area (Å²) in [7, 11) is -2.95. The van der Waals surface area contributed by atoms with Gasteiger partial charge in [-0.25, -0.2) is 13.1 Å². The topological polar surface area (TPSA) is 90.9 Å². The van der Waals surface area contributed by atoms with E-state index in [2.05, 4.69) is 10.3 Å². The molecule has 1 heterocycles. The zero-order valence-corrected chi connectivity index (χ0v) is 12.1. The average Bonchev–Trinajstić information content (AvgIpc) is 2.84. The van der Waals surface area contributed by atoms with E-state index in [1.54, 1.807) is 0 Å². The van der Waals surface area contributed by atoms with Crippen LogP contribution in [0.5, 0.6) is 0 Å². The van der Waals surface area contributed by atoms with Gasteiger partial charge in [0.2, 0.25) is 0 Å². The fourth-order valence-electron chi connectivity index (χ4n) is 2.64. The molecule has 1 aromatic rings. The third-order valence-corrected chi connectivity index (χ3v) is 5.41. The normalized spacial score (nSPS) is 24.5. The highest BCUT2D eigenvalue weighted by molar-refractivity contribution is 7.91. The summed E-state index contributed by atoms with van der Waals surface area (Å²) in [5.41, 5.74) is 6.41. The average molecular weight is 286 g/mol. The van der Waals surface area contributed by atoms with Crippen molar-refractivity contribution in [1.82, 2.24) is 15.0 Å². The number of sulfone groups is 1. The SMILES string of the molecule is CS(=O)(=O)C1CCCC(n2cc(CCCN)nn2)C1. The molecule has 0 saturated heterocycles. The summed E-state index contributed by atoms with van der Waals surface area (Å²) < 4.78 is 25.1. The minimum atomic E-state index is -2.95. The second-order valence-corrected chi connectivity index (χ2v) is 7.68. The number of aromatic nitrogens is 3. The molecule has 1 fully saturated rings. The van der Waals surface area contributed by atoms with Gasteiger partial charge < -0.3 is 5.73 Å². The molecule has 2 rings (SSSR count). The maximum Gasteiger partial charge on any atom is 0.150 e. The van der Waals surface area contributed by atoms with Crippen LogP contribution in [0.4, 0.5) is 0 Å². The second-order valence-electron chi connectivity index (χ2n) is 5.35. The summed E-state index contributed by atoms with van der Waals surface area (Å²) >= 11 is 0. The van der Waals surface area contributed by atoms with Crippen molar-refractivity contribution in [2.24, 2.45) is 5.73 Å². The second kappa shape index (κ2) is 6.00. The highest BCUT2D eigenvalue weighted by atomic mass is 32.2. The summed E-state index contributed by atoms with van der Waals surface area (Å²) in [5, 5.41) is 8.03. The van der Waals surface area contributed by atoms with E-state index in [0.717, 1.165) is 37.8 Å². The number of hydrogen-bond acceptors (Lipinski definition) is 5. The van der Waals surface area contributed by atoms with Crippen LogP contribution < -0.4 is 5.73 Å². The van der Waals surface area contributed by atoms with Crippen molar-refractivity contribution in [2.45, 2.75) is 49.8 Å². The van der Waals surface area contributed by atoms with E-state index in [9.17, 15) is 8.42 Å². The zero-order valence-electron chi connectivity index (χ0n) is 11.3. The Bertz CT molecular complexity index is 512. The van der Waals surface area contributed by atoms with Crippen molar-refractivity contribution in [1.29, 1.82) is 0 Å². The van der Waals surface area contributed by atoms with Gasteiger partial charge in [0.25, 0.3) is 0 Å². The fourth-order valence-corrected chi connectivity index (χ4v) is 3.81. The van der Waals surface area contributed by atoms with Gasteiger partial charge >= 0.3 is 0 Å². The number of rotatable bonds is 5. The van der Waals surface area contributed by atoms with Gasteiger partial charge in [-0.1, -0.05) is 11.6 Å². The largest absolute Gasteiger partial charge is 0.330 e. The summed E-state index contributed by atoms with van der Waals surface area (Å²) in [4.78, 5) is 0. The number of nitrogens with two attached hydrogens (primary N) is 1. The lowest BCUT2D eigenvalue weighted by Gasteiger charge is -2.27. The molecule has 2 unspecified atom stereocenters. The third-order valence-electron chi connectivity index (χ3n) is 3.77. The highest BCUT2D eigenvalue weighted by Gasteiger charge is 2.30. The zero-order chi connectivity index (χ0) is 13.9. The van der Waals surface area contributed by atoms with E-state index >= 15 is 0 Å². The molecule has 19 heavy (non-hydrogen) atoms. The lowest BCUT2D eigenvalue weighted by atomic mass is 9.95. The Hall–Kier alpha value is -0.950. The van der Waals surface area contributed by atoms with E-state index < -0.39 is 9.84 Å². The minimum absolute atomic E-state index is 0.160. The van der Waals surface area contributed by atoms with Crippen molar-refractivity contribution >= 4 is 9.84 Å². The summed E-state index contributed by atoms with van der Waals surface area (Å²) in [5.74, 6) is 0. The molecule has 0 radical (unpaired) electrons. The Kier molecular flexibility index (Phi) is 4.57. The standard InChI is InChI=1S/C12H22N4O2S/c1-19(17,18)12-6-2-5-11(8-12)16-9-10(14-15-16)4-3-7-13/h9,11-12H,2-8,13H2,1H3. The van der Waals surface area contributed by atoms with Crippen LogP contribution in [-0.4, -0.2) is 41.5 Å². The lowest BCUT2D eigenvalue weighted by molar-refractivity contribution is 0.324. The van der Waals surface area contributed by atoms with E-state index in [4.69, 9.17) is 5.73 Å². The van der Waals surface area contributed by atoms with Crippen molar-refractivity contribution in [2.75, 3.05) is 12.8 Å². The fraction of sp³-hybridized carbons (Fsp3) is 0.833. The predicted molar refractivity (Wildman–Crippen MR) is 73.5 cm³/mol. The van der Waals surface area contributed by atoms with Crippen LogP contribution in [0.15, 0.2) is 6.20 Å². The first kappa shape index (κ1) is 14.5. The van der Waals surface area contributed by atoms with Crippen molar-refractivity contribution in [3.8, 4) is 0 Å². The molecule has 0 aliphatic heterocycles. The van der Waals surface area contributed by atoms with Crippen LogP contribution in [0, 0.1) is 0 Å². The Labute approximate surface area is 114 Å². The van der Waals surface area contributed by atoms with Gasteiger partial charge in [0.15, 0.2) is 0 Å². The van der Waals surface area contributed by atoms with Gasteiger partial charge in [-0.15, -0.1) is 5.10 Å². The van der Waals surface area contributed by atoms with E-state index in [1.165, 1.54) is 6.26 Å². The molecule has 6 nitrogen and oxygen atoms in total. The molecule has 0 aromatic carbocycles. The van der Waals surface area contributed by atoms with Gasteiger partial charge in [-0.2, -0.15) is 0 Å². The van der Waals surface area contributed by atoms with Crippen LogP contribution in [0.25, 0.3) is 0 Å². The molecule has 1 aliphatic carbocycles. The predicted octanol–water partition coefficient (Wildman–Crippen LogP) is 0.698. The van der Waals surface area contributed by atoms with Gasteiger partial charge in [0.05, 0.1) is 17.0 Å². The molecule has 1 saturated carbocycles. The molecule has 1 aliphatic rings. The van der Waals surface area contributed by atoms with Gasteiger partial charge in [0.1, 0.15) is 9.84 Å². The Morgan fingerprint density at radius 3 is 2.95 bits per heavy atom. The molecular formula is C12H22N4O2S. The van der Waals surface area contributed by atoms with Crippen molar-refractivity contribution in [3.63, 3.8) is 0 Å². The minimum Gasteiger partial charge on any atom is -0.330 e. The highest BCUT2D eigenvalue weighted by Crippen LogP contribution is 2.31. The molecule has 0 bridgehead atoms. The van der Waals surface area contributed by atoms with Crippen LogP contribution in [0.3, 0.4) is 0 Å². The maximum atomic E-state index is 11.7. The van der Waals surface area contributed by atoms with Gasteiger partial charge in [-0.05, 0) is 38.6 Å². The monoisotopic (exact) mass is 286 g/mol.